The SMILES string of the molecule is COC(=O)CCC(C)C1CCC2C3CC=C4CC(OC)CCC4(C)C3CCC12C. The third-order valence-corrected chi connectivity index (χ3v) is 10.2. The maximum atomic E-state index is 11.7. The normalized spacial score (nSPS) is 44.9. The molecule has 0 N–H and O–H groups in total. The van der Waals surface area contributed by atoms with Gasteiger partial charge in [0.05, 0.1) is 13.2 Å². The number of carbonyl (C=O) groups excluding carboxylic acids is 1. The number of rotatable bonds is 5. The van der Waals surface area contributed by atoms with Crippen LogP contribution in [0.4, 0.5) is 0 Å². The molecule has 0 radical (unpaired) electrons. The summed E-state index contributed by atoms with van der Waals surface area (Å²) < 4.78 is 10.6. The summed E-state index contributed by atoms with van der Waals surface area (Å²) in [5.74, 6) is 3.91. The van der Waals surface area contributed by atoms with Gasteiger partial charge in [0, 0.05) is 13.5 Å². The molecule has 0 saturated heterocycles. The van der Waals surface area contributed by atoms with Gasteiger partial charge in [-0.2, -0.15) is 0 Å². The lowest BCUT2D eigenvalue weighted by Gasteiger charge is -2.58. The van der Waals surface area contributed by atoms with E-state index in [0.29, 0.717) is 29.3 Å². The minimum absolute atomic E-state index is 0.0511. The number of esters is 1. The topological polar surface area (TPSA) is 35.5 Å². The molecule has 8 unspecified atom stereocenters. The Balaban J connectivity index is 1.50. The van der Waals surface area contributed by atoms with E-state index in [4.69, 9.17) is 9.47 Å². The van der Waals surface area contributed by atoms with E-state index in [2.05, 4.69) is 26.8 Å². The number of hydrogen-bond acceptors (Lipinski definition) is 3. The van der Waals surface area contributed by atoms with E-state index in [1.165, 1.54) is 52.1 Å². The summed E-state index contributed by atoms with van der Waals surface area (Å²) in [5.41, 5.74) is 2.58. The smallest absolute Gasteiger partial charge is 0.305 e. The Morgan fingerprint density at radius 2 is 1.93 bits per heavy atom. The summed E-state index contributed by atoms with van der Waals surface area (Å²) >= 11 is 0. The van der Waals surface area contributed by atoms with E-state index in [0.717, 1.165) is 36.5 Å². The predicted molar refractivity (Wildman–Crippen MR) is 116 cm³/mol. The highest BCUT2D eigenvalue weighted by atomic mass is 16.5. The van der Waals surface area contributed by atoms with Crippen molar-refractivity contribution in [2.75, 3.05) is 14.2 Å². The van der Waals surface area contributed by atoms with Crippen LogP contribution in [0, 0.1) is 40.4 Å². The van der Waals surface area contributed by atoms with Gasteiger partial charge in [0.25, 0.3) is 0 Å². The van der Waals surface area contributed by atoms with Crippen molar-refractivity contribution < 1.29 is 14.3 Å². The van der Waals surface area contributed by atoms with Crippen LogP contribution < -0.4 is 0 Å². The predicted octanol–water partition coefficient (Wildman–Crippen LogP) is 6.17. The molecule has 0 heterocycles. The number of ether oxygens (including phenoxy) is 2. The van der Waals surface area contributed by atoms with Gasteiger partial charge in [-0.25, -0.2) is 0 Å². The molecule has 3 fully saturated rings. The first kappa shape index (κ1) is 21.4. The Morgan fingerprint density at radius 3 is 2.66 bits per heavy atom. The molecule has 8 atom stereocenters. The molecule has 0 aliphatic heterocycles. The highest BCUT2D eigenvalue weighted by Gasteiger charge is 2.59. The second-order valence-electron chi connectivity index (χ2n) is 11.2. The summed E-state index contributed by atoms with van der Waals surface area (Å²) in [4.78, 5) is 11.7. The molecule has 0 aromatic carbocycles. The zero-order valence-corrected chi connectivity index (χ0v) is 19.3. The molecule has 0 amide bonds. The van der Waals surface area contributed by atoms with Gasteiger partial charge < -0.3 is 9.47 Å². The highest BCUT2D eigenvalue weighted by molar-refractivity contribution is 5.69. The van der Waals surface area contributed by atoms with Crippen molar-refractivity contribution in [2.24, 2.45) is 40.4 Å². The van der Waals surface area contributed by atoms with Crippen molar-refractivity contribution in [3.63, 3.8) is 0 Å². The van der Waals surface area contributed by atoms with Gasteiger partial charge in [0.2, 0.25) is 0 Å². The fourth-order valence-corrected chi connectivity index (χ4v) is 8.45. The van der Waals surface area contributed by atoms with Crippen LogP contribution in [-0.2, 0) is 14.3 Å². The van der Waals surface area contributed by atoms with Gasteiger partial charge >= 0.3 is 5.97 Å². The third-order valence-electron chi connectivity index (χ3n) is 10.2. The maximum Gasteiger partial charge on any atom is 0.305 e. The Hall–Kier alpha value is -0.830. The summed E-state index contributed by atoms with van der Waals surface area (Å²) in [6.07, 6.45) is 15.1. The summed E-state index contributed by atoms with van der Waals surface area (Å²) in [6, 6.07) is 0. The van der Waals surface area contributed by atoms with Gasteiger partial charge in [-0.05, 0) is 98.2 Å². The first-order valence-electron chi connectivity index (χ1n) is 12.1. The average Bonchev–Trinajstić information content (AvgIpc) is 3.08. The Labute approximate surface area is 178 Å². The maximum absolute atomic E-state index is 11.7. The van der Waals surface area contributed by atoms with E-state index < -0.39 is 0 Å². The fourth-order valence-electron chi connectivity index (χ4n) is 8.45. The zero-order chi connectivity index (χ0) is 20.8. The summed E-state index contributed by atoms with van der Waals surface area (Å²) in [5, 5.41) is 0. The van der Waals surface area contributed by atoms with E-state index in [1.807, 2.05) is 7.11 Å². The van der Waals surface area contributed by atoms with Crippen molar-refractivity contribution in [3.8, 4) is 0 Å². The molecule has 3 nitrogen and oxygen atoms in total. The molecule has 4 rings (SSSR count). The highest BCUT2D eigenvalue weighted by Crippen LogP contribution is 2.67. The molecule has 164 valence electrons. The van der Waals surface area contributed by atoms with Gasteiger partial charge in [0.15, 0.2) is 0 Å². The number of carbonyl (C=O) groups is 1. The number of hydrogen-bond donors (Lipinski definition) is 0. The quantitative estimate of drug-likeness (QED) is 0.407. The second kappa shape index (κ2) is 8.02. The first-order chi connectivity index (χ1) is 13.8. The number of allylic oxidation sites excluding steroid dienone is 1. The van der Waals surface area contributed by atoms with Crippen LogP contribution in [0.5, 0.6) is 0 Å². The van der Waals surface area contributed by atoms with Crippen LogP contribution >= 0.6 is 0 Å². The molecule has 4 aliphatic rings. The van der Waals surface area contributed by atoms with Gasteiger partial charge in [-0.3, -0.25) is 4.79 Å². The monoisotopic (exact) mass is 402 g/mol. The molecular formula is C26H42O3. The fraction of sp³-hybridized carbons (Fsp3) is 0.885. The van der Waals surface area contributed by atoms with E-state index in [1.54, 1.807) is 5.57 Å². The number of methoxy groups -OCH3 is 2. The Kier molecular flexibility index (Phi) is 5.92. The molecule has 3 heteroatoms. The molecule has 0 aromatic heterocycles. The zero-order valence-electron chi connectivity index (χ0n) is 19.3. The van der Waals surface area contributed by atoms with E-state index in [9.17, 15) is 4.79 Å². The molecule has 3 saturated carbocycles. The molecule has 0 bridgehead atoms. The van der Waals surface area contributed by atoms with Crippen LogP contribution in [0.2, 0.25) is 0 Å². The first-order valence-corrected chi connectivity index (χ1v) is 12.1. The molecule has 29 heavy (non-hydrogen) atoms. The van der Waals surface area contributed by atoms with Crippen LogP contribution in [0.3, 0.4) is 0 Å². The summed E-state index contributed by atoms with van der Waals surface area (Å²) in [6.45, 7) is 7.57. The Bertz CT molecular complexity index is 654. The minimum atomic E-state index is -0.0511. The van der Waals surface area contributed by atoms with Gasteiger partial charge in [0.1, 0.15) is 0 Å². The van der Waals surface area contributed by atoms with E-state index in [-0.39, 0.29) is 5.97 Å². The van der Waals surface area contributed by atoms with Crippen molar-refractivity contribution >= 4 is 5.97 Å². The van der Waals surface area contributed by atoms with Crippen molar-refractivity contribution in [1.29, 1.82) is 0 Å². The molecule has 0 spiro atoms. The third kappa shape index (κ3) is 3.50. The molecule has 4 aliphatic carbocycles. The largest absolute Gasteiger partial charge is 0.469 e. The average molecular weight is 403 g/mol. The van der Waals surface area contributed by atoms with Crippen molar-refractivity contribution in [2.45, 2.75) is 91.1 Å². The van der Waals surface area contributed by atoms with Crippen LogP contribution in [0.25, 0.3) is 0 Å². The summed E-state index contributed by atoms with van der Waals surface area (Å²) in [7, 11) is 3.39. The lowest BCUT2D eigenvalue weighted by Crippen LogP contribution is -2.51. The van der Waals surface area contributed by atoms with E-state index >= 15 is 0 Å². The van der Waals surface area contributed by atoms with Crippen LogP contribution in [-0.4, -0.2) is 26.3 Å². The second-order valence-corrected chi connectivity index (χ2v) is 11.2. The molecule has 0 aromatic rings. The lowest BCUT2D eigenvalue weighted by atomic mass is 9.47. The minimum Gasteiger partial charge on any atom is -0.469 e. The van der Waals surface area contributed by atoms with Crippen LogP contribution in [0.1, 0.15) is 85.0 Å². The standard InChI is InChI=1S/C26H42O3/c1-17(6-11-24(27)29-5)21-9-10-22-20-8-7-18-16-19(28-4)12-14-25(18,2)23(20)13-15-26(21,22)3/h7,17,19-23H,6,8-16H2,1-5H3. The molecular weight excluding hydrogens is 360 g/mol. The van der Waals surface area contributed by atoms with Crippen LogP contribution in [0.15, 0.2) is 11.6 Å². The van der Waals surface area contributed by atoms with Crippen molar-refractivity contribution in [1.82, 2.24) is 0 Å². The van der Waals surface area contributed by atoms with Crippen molar-refractivity contribution in [3.05, 3.63) is 11.6 Å². The number of fused-ring (bicyclic) bond motifs is 5. The van der Waals surface area contributed by atoms with Gasteiger partial charge in [-0.1, -0.05) is 32.4 Å². The van der Waals surface area contributed by atoms with Gasteiger partial charge in [-0.15, -0.1) is 0 Å². The Morgan fingerprint density at radius 1 is 1.14 bits per heavy atom. The lowest BCUT2D eigenvalue weighted by molar-refractivity contribution is -0.141.